The Hall–Kier alpha value is -1.81. The van der Waals surface area contributed by atoms with Crippen molar-refractivity contribution in [3.63, 3.8) is 0 Å². The summed E-state index contributed by atoms with van der Waals surface area (Å²) in [5.41, 5.74) is 2.86. The van der Waals surface area contributed by atoms with Crippen molar-refractivity contribution in [1.82, 2.24) is 4.90 Å². The van der Waals surface area contributed by atoms with E-state index in [0.717, 1.165) is 66.1 Å². The number of rotatable bonds is 5. The minimum Gasteiger partial charge on any atom is -0.490 e. The zero-order valence-electron chi connectivity index (χ0n) is 16.1. The van der Waals surface area contributed by atoms with Gasteiger partial charge in [0, 0.05) is 36.1 Å². The fraction of sp³-hybridized carbons (Fsp3) is 0.591. The van der Waals surface area contributed by atoms with Crippen LogP contribution >= 0.6 is 0 Å². The largest absolute Gasteiger partial charge is 0.490 e. The first kappa shape index (κ1) is 17.6. The van der Waals surface area contributed by atoms with Gasteiger partial charge >= 0.3 is 0 Å². The van der Waals surface area contributed by atoms with E-state index in [4.69, 9.17) is 9.15 Å². The summed E-state index contributed by atoms with van der Waals surface area (Å²) in [5.74, 6) is 1.58. The van der Waals surface area contributed by atoms with Gasteiger partial charge in [0.05, 0.1) is 0 Å². The number of hydrogen-bond donors (Lipinski definition) is 0. The van der Waals surface area contributed by atoms with Gasteiger partial charge in [-0.25, -0.2) is 0 Å². The minimum absolute atomic E-state index is 0.249. The molecule has 2 aliphatic rings. The Labute approximate surface area is 155 Å². The van der Waals surface area contributed by atoms with E-state index >= 15 is 0 Å². The molecule has 26 heavy (non-hydrogen) atoms. The summed E-state index contributed by atoms with van der Waals surface area (Å²) in [6.45, 7) is 8.55. The van der Waals surface area contributed by atoms with Crippen molar-refractivity contribution >= 4 is 17.3 Å². The van der Waals surface area contributed by atoms with Gasteiger partial charge in [-0.05, 0) is 50.2 Å². The Morgan fingerprint density at radius 2 is 1.92 bits per heavy atom. The Balaban J connectivity index is 1.52. The number of likely N-dealkylation sites (tertiary alicyclic amines) is 1. The number of hydrogen-bond acceptors (Lipinski definition) is 4. The average Bonchev–Trinajstić information content (AvgIpc) is 2.93. The quantitative estimate of drug-likeness (QED) is 0.702. The SMILES string of the molecule is Cc1cc2c(C(C)C)c(C=O)oc2cc1OC1CCN(C2CCC2)CC1. The number of benzene rings is 1. The van der Waals surface area contributed by atoms with Gasteiger partial charge in [0.2, 0.25) is 0 Å². The highest BCUT2D eigenvalue weighted by atomic mass is 16.5. The van der Waals surface area contributed by atoms with E-state index in [1.54, 1.807) is 0 Å². The zero-order valence-corrected chi connectivity index (χ0v) is 16.1. The molecule has 0 unspecified atom stereocenters. The highest BCUT2D eigenvalue weighted by molar-refractivity contribution is 5.91. The zero-order chi connectivity index (χ0) is 18.3. The smallest absolute Gasteiger partial charge is 0.185 e. The molecule has 0 amide bonds. The van der Waals surface area contributed by atoms with Crippen LogP contribution in [0.2, 0.25) is 0 Å². The fourth-order valence-corrected chi connectivity index (χ4v) is 4.37. The number of fused-ring (bicyclic) bond motifs is 1. The number of aldehydes is 1. The van der Waals surface area contributed by atoms with E-state index in [0.29, 0.717) is 5.76 Å². The van der Waals surface area contributed by atoms with Crippen LogP contribution in [0.5, 0.6) is 5.75 Å². The van der Waals surface area contributed by atoms with E-state index in [1.165, 1.54) is 19.3 Å². The van der Waals surface area contributed by atoms with Crippen LogP contribution < -0.4 is 4.74 Å². The van der Waals surface area contributed by atoms with Crippen LogP contribution in [-0.2, 0) is 0 Å². The molecule has 1 saturated heterocycles. The monoisotopic (exact) mass is 355 g/mol. The van der Waals surface area contributed by atoms with Crippen molar-refractivity contribution < 1.29 is 13.9 Å². The molecule has 1 aliphatic heterocycles. The Kier molecular flexibility index (Phi) is 4.78. The number of carbonyl (C=O) groups excluding carboxylic acids is 1. The predicted octanol–water partition coefficient (Wildman–Crippen LogP) is 5.07. The van der Waals surface area contributed by atoms with Crippen LogP contribution in [0.3, 0.4) is 0 Å². The first-order valence-corrected chi connectivity index (χ1v) is 9.99. The molecule has 2 aromatic rings. The number of carbonyl (C=O) groups is 1. The number of piperidine rings is 1. The van der Waals surface area contributed by atoms with Gasteiger partial charge in [0.1, 0.15) is 17.4 Å². The maximum absolute atomic E-state index is 11.4. The summed E-state index contributed by atoms with van der Waals surface area (Å²) in [4.78, 5) is 14.0. The maximum atomic E-state index is 11.4. The second-order valence-electron chi connectivity index (χ2n) is 8.20. The molecule has 0 atom stereocenters. The third-order valence-corrected chi connectivity index (χ3v) is 6.10. The lowest BCUT2D eigenvalue weighted by atomic mass is 9.90. The molecule has 0 spiro atoms. The summed E-state index contributed by atoms with van der Waals surface area (Å²) in [6, 6.07) is 4.91. The molecule has 0 N–H and O–H groups in total. The van der Waals surface area contributed by atoms with Gasteiger partial charge in [-0.3, -0.25) is 4.79 Å². The summed E-state index contributed by atoms with van der Waals surface area (Å²) in [6.07, 6.45) is 7.40. The van der Waals surface area contributed by atoms with Crippen molar-refractivity contribution in [1.29, 1.82) is 0 Å². The van der Waals surface area contributed by atoms with Crippen molar-refractivity contribution in [2.75, 3.05) is 13.1 Å². The van der Waals surface area contributed by atoms with Crippen molar-refractivity contribution in [2.45, 2.75) is 70.9 Å². The second-order valence-corrected chi connectivity index (χ2v) is 8.20. The average molecular weight is 355 g/mol. The van der Waals surface area contributed by atoms with Gasteiger partial charge < -0.3 is 14.1 Å². The second kappa shape index (κ2) is 7.07. The summed E-state index contributed by atoms with van der Waals surface area (Å²) in [5, 5.41) is 1.03. The first-order valence-electron chi connectivity index (χ1n) is 9.99. The molecule has 4 rings (SSSR count). The minimum atomic E-state index is 0.249. The van der Waals surface area contributed by atoms with Crippen LogP contribution in [0.15, 0.2) is 16.5 Å². The summed E-state index contributed by atoms with van der Waals surface area (Å²) in [7, 11) is 0. The molecular formula is C22H29NO3. The number of ether oxygens (including phenoxy) is 1. The van der Waals surface area contributed by atoms with E-state index in [1.807, 2.05) is 6.07 Å². The molecule has 2 fully saturated rings. The van der Waals surface area contributed by atoms with Gasteiger partial charge in [-0.2, -0.15) is 0 Å². The van der Waals surface area contributed by atoms with E-state index in [9.17, 15) is 4.79 Å². The fourth-order valence-electron chi connectivity index (χ4n) is 4.37. The first-order chi connectivity index (χ1) is 12.6. The van der Waals surface area contributed by atoms with Crippen LogP contribution in [0.25, 0.3) is 11.0 Å². The molecule has 4 nitrogen and oxygen atoms in total. The predicted molar refractivity (Wildman–Crippen MR) is 103 cm³/mol. The topological polar surface area (TPSA) is 42.7 Å². The highest BCUT2D eigenvalue weighted by Gasteiger charge is 2.29. The van der Waals surface area contributed by atoms with Crippen LogP contribution in [0.1, 0.15) is 73.6 Å². The van der Waals surface area contributed by atoms with E-state index < -0.39 is 0 Å². The lowest BCUT2D eigenvalue weighted by molar-refractivity contribution is 0.0491. The number of aryl methyl sites for hydroxylation is 1. The molecule has 1 saturated carbocycles. The normalized spacial score (nSPS) is 19.8. The Morgan fingerprint density at radius 3 is 2.50 bits per heavy atom. The number of nitrogens with zero attached hydrogens (tertiary/aromatic N) is 1. The third kappa shape index (κ3) is 3.16. The maximum Gasteiger partial charge on any atom is 0.185 e. The van der Waals surface area contributed by atoms with E-state index in [2.05, 4.69) is 31.7 Å². The van der Waals surface area contributed by atoms with Crippen LogP contribution in [-0.4, -0.2) is 36.4 Å². The Morgan fingerprint density at radius 1 is 1.19 bits per heavy atom. The lowest BCUT2D eigenvalue weighted by Gasteiger charge is -2.41. The Bertz CT molecular complexity index is 795. The molecule has 1 aromatic carbocycles. The van der Waals surface area contributed by atoms with Crippen LogP contribution in [0, 0.1) is 6.92 Å². The van der Waals surface area contributed by atoms with E-state index in [-0.39, 0.29) is 12.0 Å². The molecule has 0 radical (unpaired) electrons. The molecular weight excluding hydrogens is 326 g/mol. The molecule has 1 aliphatic carbocycles. The van der Waals surface area contributed by atoms with Gasteiger partial charge in [-0.1, -0.05) is 20.3 Å². The standard InChI is InChI=1S/C22H29NO3/c1-14(2)22-18-11-15(3)19(12-20(18)26-21(22)13-24)25-17-7-9-23(10-8-17)16-5-4-6-16/h11-14,16-17H,4-10H2,1-3H3. The van der Waals surface area contributed by atoms with Crippen molar-refractivity contribution in [2.24, 2.45) is 0 Å². The van der Waals surface area contributed by atoms with Gasteiger partial charge in [0.25, 0.3) is 0 Å². The molecule has 140 valence electrons. The van der Waals surface area contributed by atoms with Crippen molar-refractivity contribution in [3.8, 4) is 5.75 Å². The lowest BCUT2D eigenvalue weighted by Crippen LogP contribution is -2.46. The molecule has 1 aromatic heterocycles. The summed E-state index contributed by atoms with van der Waals surface area (Å²) < 4.78 is 12.2. The van der Waals surface area contributed by atoms with Crippen molar-refractivity contribution in [3.05, 3.63) is 29.0 Å². The van der Waals surface area contributed by atoms with Gasteiger partial charge in [0.15, 0.2) is 12.0 Å². The molecule has 0 bridgehead atoms. The molecule has 2 heterocycles. The highest BCUT2D eigenvalue weighted by Crippen LogP contribution is 2.36. The third-order valence-electron chi connectivity index (χ3n) is 6.10. The molecule has 4 heteroatoms. The van der Waals surface area contributed by atoms with Gasteiger partial charge in [-0.15, -0.1) is 0 Å². The summed E-state index contributed by atoms with van der Waals surface area (Å²) >= 11 is 0. The van der Waals surface area contributed by atoms with Crippen LogP contribution in [0.4, 0.5) is 0 Å². The number of furan rings is 1.